The summed E-state index contributed by atoms with van der Waals surface area (Å²) in [6.07, 6.45) is 1.28. The number of carbonyl (C=O) groups excluding carboxylic acids is 1. The number of nitrogens with zero attached hydrogens (tertiary/aromatic N) is 4. The lowest BCUT2D eigenvalue weighted by atomic mass is 10.4. The van der Waals surface area contributed by atoms with Crippen LogP contribution in [0.4, 0.5) is 0 Å². The van der Waals surface area contributed by atoms with Crippen LogP contribution >= 0.6 is 0 Å². The number of likely N-dealkylation sites (N-methyl/N-ethyl adjacent to an activating group) is 1. The molecule has 0 N–H and O–H groups in total. The lowest BCUT2D eigenvalue weighted by molar-refractivity contribution is -0.131. The number of hydrogen-bond donors (Lipinski definition) is 0. The fraction of sp³-hybridized carbons (Fsp3) is 0.455. The van der Waals surface area contributed by atoms with Gasteiger partial charge >= 0.3 is 5.69 Å². The van der Waals surface area contributed by atoms with Crippen LogP contribution in [-0.2, 0) is 18.4 Å². The number of rotatable bonds is 4. The van der Waals surface area contributed by atoms with Gasteiger partial charge in [-0.15, -0.1) is 0 Å². The first-order chi connectivity index (χ1) is 8.51. The van der Waals surface area contributed by atoms with Crippen LogP contribution in [0, 0.1) is 11.3 Å². The van der Waals surface area contributed by atoms with Crippen LogP contribution in [0.2, 0.25) is 0 Å². The molecule has 0 aliphatic rings. The van der Waals surface area contributed by atoms with E-state index in [-0.39, 0.29) is 19.0 Å². The van der Waals surface area contributed by atoms with E-state index in [1.165, 1.54) is 24.2 Å². The van der Waals surface area contributed by atoms with E-state index in [0.29, 0.717) is 6.54 Å². The molecule has 0 radical (unpaired) electrons. The van der Waals surface area contributed by atoms with E-state index in [2.05, 4.69) is 0 Å². The maximum atomic E-state index is 11.8. The van der Waals surface area contributed by atoms with Gasteiger partial charge in [0, 0.05) is 25.9 Å². The number of aromatic nitrogens is 2. The van der Waals surface area contributed by atoms with Crippen LogP contribution in [0.1, 0.15) is 6.92 Å². The smallest absolute Gasteiger partial charge is 0.328 e. The quantitative estimate of drug-likeness (QED) is 0.636. The molecule has 0 aromatic carbocycles. The topological polar surface area (TPSA) is 88.1 Å². The molecule has 7 nitrogen and oxygen atoms in total. The molecule has 1 heterocycles. The molecular weight excluding hydrogens is 236 g/mol. The lowest BCUT2D eigenvalue weighted by Crippen LogP contribution is -2.41. The fourth-order valence-electron chi connectivity index (χ4n) is 1.44. The van der Waals surface area contributed by atoms with Crippen LogP contribution in [0.15, 0.2) is 21.9 Å². The summed E-state index contributed by atoms with van der Waals surface area (Å²) in [6, 6.07) is 3.10. The van der Waals surface area contributed by atoms with E-state index in [4.69, 9.17) is 5.26 Å². The highest BCUT2D eigenvalue weighted by molar-refractivity contribution is 5.76. The highest BCUT2D eigenvalue weighted by Crippen LogP contribution is 1.91. The van der Waals surface area contributed by atoms with Gasteiger partial charge in [-0.1, -0.05) is 0 Å². The van der Waals surface area contributed by atoms with E-state index in [1.54, 1.807) is 6.92 Å². The first kappa shape index (κ1) is 13.7. The standard InChI is InChI=1S/C11H14N4O3/c1-3-14(7-5-12)10(17)8-15-6-4-9(16)13(2)11(15)18/h4,6H,3,7-8H2,1-2H3. The summed E-state index contributed by atoms with van der Waals surface area (Å²) in [4.78, 5) is 36.0. The second-order valence-electron chi connectivity index (χ2n) is 3.69. The molecule has 0 atom stereocenters. The Balaban J connectivity index is 2.96. The van der Waals surface area contributed by atoms with Crippen LogP contribution in [0.3, 0.4) is 0 Å². The van der Waals surface area contributed by atoms with E-state index in [9.17, 15) is 14.4 Å². The number of amides is 1. The van der Waals surface area contributed by atoms with Crippen molar-refractivity contribution < 1.29 is 4.79 Å². The Morgan fingerprint density at radius 2 is 2.17 bits per heavy atom. The van der Waals surface area contributed by atoms with Crippen molar-refractivity contribution in [3.8, 4) is 6.07 Å². The second kappa shape index (κ2) is 5.82. The van der Waals surface area contributed by atoms with Gasteiger partial charge in [0.1, 0.15) is 13.1 Å². The first-order valence-corrected chi connectivity index (χ1v) is 5.42. The van der Waals surface area contributed by atoms with Crippen molar-refractivity contribution in [3.05, 3.63) is 33.1 Å². The Labute approximate surface area is 103 Å². The fourth-order valence-corrected chi connectivity index (χ4v) is 1.44. The predicted octanol–water partition coefficient (Wildman–Crippen LogP) is -1.08. The summed E-state index contributed by atoms with van der Waals surface area (Å²) >= 11 is 0. The normalized spacial score (nSPS) is 9.83. The molecule has 96 valence electrons. The second-order valence-corrected chi connectivity index (χ2v) is 3.69. The van der Waals surface area contributed by atoms with Crippen LogP contribution in [-0.4, -0.2) is 33.0 Å². The third kappa shape index (κ3) is 2.85. The summed E-state index contributed by atoms with van der Waals surface area (Å²) in [5.41, 5.74) is -0.975. The minimum Gasteiger partial charge on any atom is -0.328 e. The SMILES string of the molecule is CCN(CC#N)C(=O)Cn1ccc(=O)n(C)c1=O. The molecular formula is C11H14N4O3. The van der Waals surface area contributed by atoms with Crippen LogP contribution in [0.25, 0.3) is 0 Å². The maximum Gasteiger partial charge on any atom is 0.331 e. The van der Waals surface area contributed by atoms with E-state index < -0.39 is 11.2 Å². The molecule has 0 unspecified atom stereocenters. The molecule has 0 saturated heterocycles. The molecule has 0 fully saturated rings. The Morgan fingerprint density at radius 3 is 2.72 bits per heavy atom. The van der Waals surface area contributed by atoms with Crippen LogP contribution < -0.4 is 11.2 Å². The summed E-state index contributed by atoms with van der Waals surface area (Å²) in [5.74, 6) is -0.334. The monoisotopic (exact) mass is 250 g/mol. The Morgan fingerprint density at radius 1 is 1.50 bits per heavy atom. The van der Waals surface area contributed by atoms with Crippen molar-refractivity contribution in [2.75, 3.05) is 13.1 Å². The maximum absolute atomic E-state index is 11.8. The van der Waals surface area contributed by atoms with Gasteiger partial charge in [0.25, 0.3) is 5.56 Å². The molecule has 1 aromatic heterocycles. The minimum absolute atomic E-state index is 0.0180. The van der Waals surface area contributed by atoms with Gasteiger partial charge in [-0.05, 0) is 6.92 Å². The predicted molar refractivity (Wildman–Crippen MR) is 63.8 cm³/mol. The molecule has 1 aromatic rings. The summed E-state index contributed by atoms with van der Waals surface area (Å²) in [5, 5.41) is 8.56. The lowest BCUT2D eigenvalue weighted by Gasteiger charge is -2.17. The van der Waals surface area contributed by atoms with Crippen molar-refractivity contribution in [2.45, 2.75) is 13.5 Å². The van der Waals surface area contributed by atoms with Crippen molar-refractivity contribution in [3.63, 3.8) is 0 Å². The van der Waals surface area contributed by atoms with Gasteiger partial charge in [-0.25, -0.2) is 4.79 Å². The van der Waals surface area contributed by atoms with E-state index in [1.807, 2.05) is 6.07 Å². The molecule has 0 bridgehead atoms. The largest absolute Gasteiger partial charge is 0.331 e. The number of hydrogen-bond acceptors (Lipinski definition) is 4. The number of carbonyl (C=O) groups is 1. The van der Waals surface area contributed by atoms with Gasteiger partial charge in [0.15, 0.2) is 0 Å². The average molecular weight is 250 g/mol. The minimum atomic E-state index is -0.552. The molecule has 0 spiro atoms. The average Bonchev–Trinajstić information content (AvgIpc) is 2.36. The van der Waals surface area contributed by atoms with Gasteiger partial charge in [-0.2, -0.15) is 5.26 Å². The highest BCUT2D eigenvalue weighted by atomic mass is 16.2. The third-order valence-electron chi connectivity index (χ3n) is 2.56. The highest BCUT2D eigenvalue weighted by Gasteiger charge is 2.13. The zero-order chi connectivity index (χ0) is 13.7. The molecule has 18 heavy (non-hydrogen) atoms. The van der Waals surface area contributed by atoms with Gasteiger partial charge in [0.2, 0.25) is 5.91 Å². The Bertz CT molecular complexity index is 594. The molecule has 0 saturated carbocycles. The van der Waals surface area contributed by atoms with Crippen molar-refractivity contribution in [1.29, 1.82) is 5.26 Å². The molecule has 1 rings (SSSR count). The van der Waals surface area contributed by atoms with E-state index >= 15 is 0 Å². The van der Waals surface area contributed by atoms with Crippen molar-refractivity contribution in [2.24, 2.45) is 7.05 Å². The number of nitriles is 1. The van der Waals surface area contributed by atoms with E-state index in [0.717, 1.165) is 9.13 Å². The van der Waals surface area contributed by atoms with Crippen molar-refractivity contribution in [1.82, 2.24) is 14.0 Å². The van der Waals surface area contributed by atoms with Gasteiger partial charge < -0.3 is 4.90 Å². The zero-order valence-corrected chi connectivity index (χ0v) is 10.3. The van der Waals surface area contributed by atoms with Crippen LogP contribution in [0.5, 0.6) is 0 Å². The first-order valence-electron chi connectivity index (χ1n) is 5.42. The van der Waals surface area contributed by atoms with Crippen molar-refractivity contribution >= 4 is 5.91 Å². The van der Waals surface area contributed by atoms with Gasteiger partial charge in [-0.3, -0.25) is 18.7 Å². The Hall–Kier alpha value is -2.36. The summed E-state index contributed by atoms with van der Waals surface area (Å²) in [7, 11) is 1.35. The molecule has 1 amide bonds. The molecule has 0 aliphatic heterocycles. The zero-order valence-electron chi connectivity index (χ0n) is 10.3. The summed E-state index contributed by atoms with van der Waals surface area (Å²) < 4.78 is 2.07. The Kier molecular flexibility index (Phi) is 4.43. The third-order valence-corrected chi connectivity index (χ3v) is 2.56. The molecule has 0 aliphatic carbocycles. The van der Waals surface area contributed by atoms with Gasteiger partial charge in [0.05, 0.1) is 6.07 Å². The molecule has 7 heteroatoms. The summed E-state index contributed by atoms with van der Waals surface area (Å²) in [6.45, 7) is 1.95.